The van der Waals surface area contributed by atoms with Crippen LogP contribution in [0.4, 0.5) is 0 Å². The maximum absolute atomic E-state index is 13.4. The maximum Gasteiger partial charge on any atom is 0.282 e. The van der Waals surface area contributed by atoms with E-state index in [1.54, 1.807) is 18.2 Å². The van der Waals surface area contributed by atoms with Crippen LogP contribution < -0.4 is 10.6 Å². The average Bonchev–Trinajstić information content (AvgIpc) is 2.78. The molecule has 1 saturated heterocycles. The number of benzene rings is 2. The predicted molar refractivity (Wildman–Crippen MR) is 118 cm³/mol. The number of amides is 1. The van der Waals surface area contributed by atoms with E-state index in [1.165, 1.54) is 30.3 Å². The average molecular weight is 475 g/mol. The first-order chi connectivity index (χ1) is 15.2. The molecule has 32 heavy (non-hydrogen) atoms. The number of quaternary nitrogens is 1. The van der Waals surface area contributed by atoms with Gasteiger partial charge in [0.25, 0.3) is 10.0 Å². The highest BCUT2D eigenvalue weighted by Gasteiger charge is 2.47. The van der Waals surface area contributed by atoms with E-state index in [0.717, 1.165) is 0 Å². The minimum absolute atomic E-state index is 0.130. The number of ketones is 2. The van der Waals surface area contributed by atoms with Crippen molar-refractivity contribution in [1.82, 2.24) is 0 Å². The van der Waals surface area contributed by atoms with E-state index in [2.05, 4.69) is 4.40 Å². The SMILES string of the molecule is NC(=O)C1CC[NH+]([C@H]2C(=O)c3ccccc3C(=O)C2=NS(=O)(=O)c2ccc(Cl)cc2)CC1. The van der Waals surface area contributed by atoms with Gasteiger partial charge in [-0.25, -0.2) is 0 Å². The molecule has 0 bridgehead atoms. The quantitative estimate of drug-likeness (QED) is 0.674. The van der Waals surface area contributed by atoms with E-state index in [9.17, 15) is 22.8 Å². The number of carbonyl (C=O) groups is 3. The molecule has 1 aliphatic carbocycles. The zero-order valence-corrected chi connectivity index (χ0v) is 18.5. The third kappa shape index (κ3) is 4.11. The van der Waals surface area contributed by atoms with Gasteiger partial charge in [0, 0.05) is 34.9 Å². The monoisotopic (exact) mass is 474 g/mol. The number of rotatable bonds is 4. The van der Waals surface area contributed by atoms with Crippen molar-refractivity contribution >= 4 is 44.8 Å². The summed E-state index contributed by atoms with van der Waals surface area (Å²) >= 11 is 5.85. The smallest absolute Gasteiger partial charge is 0.282 e. The first-order valence-corrected chi connectivity index (χ1v) is 11.9. The second-order valence-electron chi connectivity index (χ2n) is 7.91. The summed E-state index contributed by atoms with van der Waals surface area (Å²) in [6.45, 7) is 0.777. The van der Waals surface area contributed by atoms with Gasteiger partial charge in [-0.2, -0.15) is 12.8 Å². The molecule has 1 aliphatic heterocycles. The second-order valence-corrected chi connectivity index (χ2v) is 9.95. The lowest BCUT2D eigenvalue weighted by molar-refractivity contribution is -0.910. The first kappa shape index (κ1) is 22.3. The summed E-state index contributed by atoms with van der Waals surface area (Å²) in [5, 5.41) is 0.356. The van der Waals surface area contributed by atoms with Gasteiger partial charge in [0.15, 0.2) is 11.8 Å². The molecule has 166 valence electrons. The van der Waals surface area contributed by atoms with Gasteiger partial charge in [0.05, 0.1) is 18.0 Å². The van der Waals surface area contributed by atoms with Crippen LogP contribution in [0.2, 0.25) is 5.02 Å². The van der Waals surface area contributed by atoms with Crippen molar-refractivity contribution in [3.8, 4) is 0 Å². The number of sulfonamides is 1. The Balaban J connectivity index is 1.79. The molecule has 10 heteroatoms. The number of fused-ring (bicyclic) bond motifs is 1. The molecule has 8 nitrogen and oxygen atoms in total. The fraction of sp³-hybridized carbons (Fsp3) is 0.273. The number of nitrogens with one attached hydrogen (secondary N) is 1. The van der Waals surface area contributed by atoms with E-state index >= 15 is 0 Å². The number of carbonyl (C=O) groups excluding carboxylic acids is 3. The van der Waals surface area contributed by atoms with Gasteiger partial charge in [0.1, 0.15) is 0 Å². The minimum atomic E-state index is -4.26. The Kier molecular flexibility index (Phi) is 5.98. The van der Waals surface area contributed by atoms with Crippen LogP contribution in [0.25, 0.3) is 0 Å². The highest BCUT2D eigenvalue weighted by molar-refractivity contribution is 7.90. The fourth-order valence-corrected chi connectivity index (χ4v) is 5.43. The highest BCUT2D eigenvalue weighted by atomic mass is 35.5. The summed E-state index contributed by atoms with van der Waals surface area (Å²) in [6, 6.07) is 10.7. The third-order valence-corrected chi connectivity index (χ3v) is 7.53. The topological polar surface area (TPSA) is 128 Å². The van der Waals surface area contributed by atoms with Crippen molar-refractivity contribution in [3.63, 3.8) is 0 Å². The van der Waals surface area contributed by atoms with Crippen LogP contribution in [-0.2, 0) is 14.8 Å². The number of piperidine rings is 1. The number of likely N-dealkylation sites (tertiary alicyclic amines) is 1. The summed E-state index contributed by atoms with van der Waals surface area (Å²) in [5.41, 5.74) is 5.47. The number of hydrogen-bond donors (Lipinski definition) is 2. The second kappa shape index (κ2) is 8.57. The van der Waals surface area contributed by atoms with Crippen LogP contribution in [-0.4, -0.2) is 50.7 Å². The van der Waals surface area contributed by atoms with Crippen LogP contribution in [0.5, 0.6) is 0 Å². The Labute approximate surface area is 190 Å². The Morgan fingerprint density at radius 1 is 1.00 bits per heavy atom. The normalized spacial score (nSPS) is 24.9. The lowest BCUT2D eigenvalue weighted by Crippen LogP contribution is -3.19. The number of nitrogens with two attached hydrogens (primary N) is 1. The molecule has 0 saturated carbocycles. The molecular formula is C22H21ClN3O5S+. The number of Topliss-reactive ketones (excluding diaryl/α,β-unsaturated/α-hetero) is 2. The van der Waals surface area contributed by atoms with Gasteiger partial charge in [0.2, 0.25) is 17.5 Å². The van der Waals surface area contributed by atoms with Crippen molar-refractivity contribution < 1.29 is 27.7 Å². The first-order valence-electron chi connectivity index (χ1n) is 10.1. The third-order valence-electron chi connectivity index (χ3n) is 5.97. The van der Waals surface area contributed by atoms with Gasteiger partial charge >= 0.3 is 0 Å². The van der Waals surface area contributed by atoms with Gasteiger partial charge < -0.3 is 10.6 Å². The number of hydrogen-bond acceptors (Lipinski definition) is 5. The zero-order chi connectivity index (χ0) is 23.0. The van der Waals surface area contributed by atoms with Crippen LogP contribution in [0.1, 0.15) is 33.6 Å². The Bertz CT molecular complexity index is 1230. The molecule has 1 heterocycles. The lowest BCUT2D eigenvalue weighted by atomic mass is 9.82. The van der Waals surface area contributed by atoms with Crippen molar-refractivity contribution in [1.29, 1.82) is 0 Å². The van der Waals surface area contributed by atoms with Crippen molar-refractivity contribution in [3.05, 3.63) is 64.7 Å². The minimum Gasteiger partial charge on any atom is -0.369 e. The number of halogens is 1. The summed E-state index contributed by atoms with van der Waals surface area (Å²) in [5.74, 6) is -1.66. The van der Waals surface area contributed by atoms with Gasteiger partial charge in [-0.3, -0.25) is 14.4 Å². The summed E-state index contributed by atoms with van der Waals surface area (Å²) in [7, 11) is -4.26. The van der Waals surface area contributed by atoms with Crippen molar-refractivity contribution in [2.75, 3.05) is 13.1 Å². The van der Waals surface area contributed by atoms with Crippen molar-refractivity contribution in [2.45, 2.75) is 23.8 Å². The van der Waals surface area contributed by atoms with Crippen LogP contribution in [0, 0.1) is 5.92 Å². The van der Waals surface area contributed by atoms with Crippen LogP contribution in [0.3, 0.4) is 0 Å². The number of primary amides is 1. The lowest BCUT2D eigenvalue weighted by Gasteiger charge is -2.35. The molecule has 1 amide bonds. The van der Waals surface area contributed by atoms with Gasteiger partial charge in [-0.05, 0) is 24.3 Å². The fourth-order valence-electron chi connectivity index (χ4n) is 4.27. The van der Waals surface area contributed by atoms with Crippen LogP contribution in [0.15, 0.2) is 57.8 Å². The summed E-state index contributed by atoms with van der Waals surface area (Å²) < 4.78 is 29.8. The van der Waals surface area contributed by atoms with Crippen LogP contribution >= 0.6 is 11.6 Å². The Morgan fingerprint density at radius 2 is 1.59 bits per heavy atom. The molecule has 0 aromatic heterocycles. The molecule has 0 spiro atoms. The van der Waals surface area contributed by atoms with E-state index < -0.39 is 27.8 Å². The summed E-state index contributed by atoms with van der Waals surface area (Å²) in [6.07, 6.45) is 0.892. The zero-order valence-electron chi connectivity index (χ0n) is 17.0. The van der Waals surface area contributed by atoms with E-state index in [-0.39, 0.29) is 33.4 Å². The standard InChI is InChI=1S/C22H20ClN3O5S/c23-14-5-7-15(8-6-14)32(30,31)25-18-19(26-11-9-13(10-12-26)22(24)29)21(28)17-4-2-1-3-16(17)20(18)27/h1-8,13,19H,9-12H2,(H2,24,29)/p+1/t19-/m1/s1. The largest absolute Gasteiger partial charge is 0.369 e. The molecular weight excluding hydrogens is 454 g/mol. The number of nitrogens with zero attached hydrogens (tertiary/aromatic N) is 1. The molecule has 2 aromatic carbocycles. The molecule has 2 aromatic rings. The molecule has 0 unspecified atom stereocenters. The van der Waals surface area contributed by atoms with Gasteiger partial charge in [-0.15, -0.1) is 0 Å². The van der Waals surface area contributed by atoms with E-state index in [0.29, 0.717) is 35.9 Å². The van der Waals surface area contributed by atoms with E-state index in [4.69, 9.17) is 17.3 Å². The Morgan fingerprint density at radius 3 is 2.19 bits per heavy atom. The maximum atomic E-state index is 13.4. The predicted octanol–water partition coefficient (Wildman–Crippen LogP) is 0.698. The molecule has 4 rings (SSSR count). The molecule has 0 radical (unpaired) electrons. The highest BCUT2D eigenvalue weighted by Crippen LogP contribution is 2.23. The molecule has 1 fully saturated rings. The van der Waals surface area contributed by atoms with Gasteiger partial charge in [-0.1, -0.05) is 35.9 Å². The van der Waals surface area contributed by atoms with E-state index in [1.807, 2.05) is 0 Å². The summed E-state index contributed by atoms with van der Waals surface area (Å²) in [4.78, 5) is 38.8. The molecule has 1 atom stereocenters. The van der Waals surface area contributed by atoms with Crippen molar-refractivity contribution in [2.24, 2.45) is 16.0 Å². The molecule has 3 N–H and O–H groups in total. The molecule has 2 aliphatic rings. The Hall–Kier alpha value is -2.88.